The molecule has 4 heteroatoms. The predicted octanol–water partition coefficient (Wildman–Crippen LogP) is 3.79. The molecule has 100 valence electrons. The fourth-order valence-electron chi connectivity index (χ4n) is 2.14. The van der Waals surface area contributed by atoms with Crippen molar-refractivity contribution in [2.75, 3.05) is 5.32 Å². The van der Waals surface area contributed by atoms with Crippen LogP contribution in [-0.4, -0.2) is 4.98 Å². The minimum Gasteiger partial charge on any atom is -0.367 e. The Morgan fingerprint density at radius 1 is 1.05 bits per heavy atom. The molecule has 3 aromatic rings. The van der Waals surface area contributed by atoms with Crippen LogP contribution in [0.15, 0.2) is 59.4 Å². The summed E-state index contributed by atoms with van der Waals surface area (Å²) in [5.41, 5.74) is 0.896. The van der Waals surface area contributed by atoms with E-state index in [-0.39, 0.29) is 5.56 Å². The van der Waals surface area contributed by atoms with Gasteiger partial charge in [0.2, 0.25) is 0 Å². The van der Waals surface area contributed by atoms with Gasteiger partial charge in [-0.25, -0.2) is 0 Å². The van der Waals surface area contributed by atoms with Crippen molar-refractivity contribution in [3.8, 4) is 0 Å². The van der Waals surface area contributed by atoms with Crippen LogP contribution in [0.3, 0.4) is 0 Å². The lowest BCUT2D eigenvalue weighted by molar-refractivity contribution is 1.10. The van der Waals surface area contributed by atoms with Crippen LogP contribution in [-0.2, 0) is 6.54 Å². The number of benzene rings is 2. The van der Waals surface area contributed by atoms with Crippen LogP contribution in [0.4, 0.5) is 5.82 Å². The Hall–Kier alpha value is -2.26. The Balaban J connectivity index is 1.88. The maximum Gasteiger partial charge on any atom is 0.257 e. The van der Waals surface area contributed by atoms with Gasteiger partial charge in [0.25, 0.3) is 5.56 Å². The highest BCUT2D eigenvalue weighted by Gasteiger charge is 2.02. The summed E-state index contributed by atoms with van der Waals surface area (Å²) in [6, 6.07) is 17.1. The van der Waals surface area contributed by atoms with Crippen LogP contribution in [0, 0.1) is 0 Å². The van der Waals surface area contributed by atoms with Crippen molar-refractivity contribution in [2.24, 2.45) is 0 Å². The second-order valence-electron chi connectivity index (χ2n) is 4.54. The summed E-state index contributed by atoms with van der Waals surface area (Å²) >= 11 is 6.10. The molecule has 3 nitrogen and oxygen atoms in total. The lowest BCUT2D eigenvalue weighted by Crippen LogP contribution is -2.10. The van der Waals surface area contributed by atoms with E-state index in [0.717, 1.165) is 10.9 Å². The lowest BCUT2D eigenvalue weighted by Gasteiger charge is -2.08. The molecule has 2 N–H and O–H groups in total. The molecule has 0 unspecified atom stereocenters. The number of nitrogens with one attached hydrogen (secondary N) is 2. The van der Waals surface area contributed by atoms with Crippen LogP contribution in [0.2, 0.25) is 5.02 Å². The van der Waals surface area contributed by atoms with Crippen LogP contribution in [0.25, 0.3) is 10.8 Å². The average Bonchev–Trinajstić information content (AvgIpc) is 2.46. The molecule has 20 heavy (non-hydrogen) atoms. The van der Waals surface area contributed by atoms with Crippen LogP contribution < -0.4 is 10.9 Å². The molecule has 0 saturated carbocycles. The van der Waals surface area contributed by atoms with Gasteiger partial charge in [-0.3, -0.25) is 4.79 Å². The van der Waals surface area contributed by atoms with Crippen molar-refractivity contribution in [3.05, 3.63) is 75.5 Å². The standard InChI is InChI=1S/C16H13ClN2O/c17-14-8-4-2-6-12(14)10-18-15-9-11-5-1-3-7-13(11)16(20)19-15/h1-9H,10H2,(H2,18,19,20). The third-order valence-electron chi connectivity index (χ3n) is 3.18. The SMILES string of the molecule is O=c1[nH]c(NCc2ccccc2Cl)cc2ccccc12. The second kappa shape index (κ2) is 5.39. The van der Waals surface area contributed by atoms with Crippen molar-refractivity contribution in [1.82, 2.24) is 4.98 Å². The van der Waals surface area contributed by atoms with E-state index in [0.29, 0.717) is 22.8 Å². The molecule has 0 bridgehead atoms. The number of hydrogen-bond donors (Lipinski definition) is 2. The van der Waals surface area contributed by atoms with Crippen LogP contribution in [0.5, 0.6) is 0 Å². The predicted molar refractivity (Wildman–Crippen MR) is 83.3 cm³/mol. The van der Waals surface area contributed by atoms with E-state index in [1.807, 2.05) is 54.6 Å². The van der Waals surface area contributed by atoms with Gasteiger partial charge in [-0.2, -0.15) is 0 Å². The van der Waals surface area contributed by atoms with Crippen molar-refractivity contribution in [2.45, 2.75) is 6.54 Å². The lowest BCUT2D eigenvalue weighted by atomic mass is 10.1. The van der Waals surface area contributed by atoms with Gasteiger partial charge in [0.1, 0.15) is 5.82 Å². The highest BCUT2D eigenvalue weighted by atomic mass is 35.5. The molecule has 2 aromatic carbocycles. The first-order chi connectivity index (χ1) is 9.74. The van der Waals surface area contributed by atoms with Gasteiger partial charge in [0.15, 0.2) is 0 Å². The third kappa shape index (κ3) is 2.53. The topological polar surface area (TPSA) is 44.9 Å². The van der Waals surface area contributed by atoms with Gasteiger partial charge in [0.05, 0.1) is 0 Å². The normalized spacial score (nSPS) is 10.7. The number of aromatic amines is 1. The zero-order valence-corrected chi connectivity index (χ0v) is 11.4. The fourth-order valence-corrected chi connectivity index (χ4v) is 2.34. The number of H-pyrrole nitrogens is 1. The Labute approximate surface area is 121 Å². The molecule has 0 saturated heterocycles. The molecule has 0 aliphatic rings. The minimum absolute atomic E-state index is 0.0928. The monoisotopic (exact) mass is 284 g/mol. The molecule has 0 amide bonds. The Bertz CT molecular complexity index is 811. The van der Waals surface area contributed by atoms with Crippen LogP contribution >= 0.6 is 11.6 Å². The van der Waals surface area contributed by atoms with Gasteiger partial charge in [-0.05, 0) is 29.1 Å². The van der Waals surface area contributed by atoms with E-state index in [1.165, 1.54) is 0 Å². The molecule has 0 radical (unpaired) electrons. The van der Waals surface area contributed by atoms with Crippen molar-refractivity contribution < 1.29 is 0 Å². The summed E-state index contributed by atoms with van der Waals surface area (Å²) in [5, 5.41) is 5.51. The summed E-state index contributed by atoms with van der Waals surface area (Å²) < 4.78 is 0. The van der Waals surface area contributed by atoms with Gasteiger partial charge < -0.3 is 10.3 Å². The first-order valence-corrected chi connectivity index (χ1v) is 6.71. The molecule has 1 aromatic heterocycles. The zero-order valence-electron chi connectivity index (χ0n) is 10.7. The molecule has 0 aliphatic carbocycles. The van der Waals surface area contributed by atoms with Crippen molar-refractivity contribution in [1.29, 1.82) is 0 Å². The maximum atomic E-state index is 12.0. The third-order valence-corrected chi connectivity index (χ3v) is 3.55. The van der Waals surface area contributed by atoms with E-state index in [1.54, 1.807) is 0 Å². The minimum atomic E-state index is -0.0928. The van der Waals surface area contributed by atoms with E-state index < -0.39 is 0 Å². The highest BCUT2D eigenvalue weighted by molar-refractivity contribution is 6.31. The quantitative estimate of drug-likeness (QED) is 0.768. The highest BCUT2D eigenvalue weighted by Crippen LogP contribution is 2.17. The number of anilines is 1. The Morgan fingerprint density at radius 3 is 2.65 bits per heavy atom. The summed E-state index contributed by atoms with van der Waals surface area (Å²) in [6.45, 7) is 0.563. The average molecular weight is 285 g/mol. The van der Waals surface area contributed by atoms with Gasteiger partial charge in [-0.15, -0.1) is 0 Å². The number of halogens is 1. The largest absolute Gasteiger partial charge is 0.367 e. The molecule has 0 aliphatic heterocycles. The second-order valence-corrected chi connectivity index (χ2v) is 4.95. The van der Waals surface area contributed by atoms with Crippen molar-refractivity contribution in [3.63, 3.8) is 0 Å². The number of rotatable bonds is 3. The summed E-state index contributed by atoms with van der Waals surface area (Å²) in [4.78, 5) is 14.8. The van der Waals surface area contributed by atoms with E-state index >= 15 is 0 Å². The summed E-state index contributed by atoms with van der Waals surface area (Å²) in [5.74, 6) is 0.689. The van der Waals surface area contributed by atoms with E-state index in [2.05, 4.69) is 10.3 Å². The summed E-state index contributed by atoms with van der Waals surface area (Å²) in [6.07, 6.45) is 0. The van der Waals surface area contributed by atoms with E-state index in [9.17, 15) is 4.79 Å². The number of fused-ring (bicyclic) bond motifs is 1. The molecule has 0 atom stereocenters. The molecular weight excluding hydrogens is 272 g/mol. The first-order valence-electron chi connectivity index (χ1n) is 6.33. The van der Waals surface area contributed by atoms with E-state index in [4.69, 9.17) is 11.6 Å². The molecule has 1 heterocycles. The molecule has 3 rings (SSSR count). The summed E-state index contributed by atoms with van der Waals surface area (Å²) in [7, 11) is 0. The fraction of sp³-hybridized carbons (Fsp3) is 0.0625. The number of pyridine rings is 1. The number of aromatic nitrogens is 1. The Morgan fingerprint density at radius 2 is 1.80 bits per heavy atom. The maximum absolute atomic E-state index is 12.0. The smallest absolute Gasteiger partial charge is 0.257 e. The Kier molecular flexibility index (Phi) is 3.44. The van der Waals surface area contributed by atoms with Gasteiger partial charge >= 0.3 is 0 Å². The van der Waals surface area contributed by atoms with Crippen molar-refractivity contribution >= 4 is 28.2 Å². The van der Waals surface area contributed by atoms with Crippen LogP contribution in [0.1, 0.15) is 5.56 Å². The number of hydrogen-bond acceptors (Lipinski definition) is 2. The first kappa shape index (κ1) is 12.8. The van der Waals surface area contributed by atoms with Gasteiger partial charge in [-0.1, -0.05) is 48.0 Å². The van der Waals surface area contributed by atoms with Gasteiger partial charge in [0, 0.05) is 17.0 Å². The molecular formula is C16H13ClN2O. The zero-order chi connectivity index (χ0) is 13.9. The molecule has 0 spiro atoms. The molecule has 0 fully saturated rings.